The molecule has 1 unspecified atom stereocenters. The molecule has 4 rings (SSSR count). The molecule has 1 aromatic carbocycles. The van der Waals surface area contributed by atoms with Crippen LogP contribution in [0.3, 0.4) is 0 Å². The molecule has 8 nitrogen and oxygen atoms in total. The van der Waals surface area contributed by atoms with E-state index in [9.17, 15) is 22.0 Å². The van der Waals surface area contributed by atoms with Gasteiger partial charge in [0.15, 0.2) is 0 Å². The molecular weight excluding hydrogens is 474 g/mol. The van der Waals surface area contributed by atoms with Gasteiger partial charge in [-0.2, -0.15) is 4.31 Å². The molecule has 3 aromatic rings. The normalized spacial score (nSPS) is 17.6. The predicted molar refractivity (Wildman–Crippen MR) is 109 cm³/mol. The van der Waals surface area contributed by atoms with Crippen molar-refractivity contribution < 1.29 is 26.4 Å². The molecule has 0 saturated carbocycles. The maximum atomic E-state index is 13.9. The third-order valence-corrected chi connectivity index (χ3v) is 8.28. The molecule has 1 fully saturated rings. The predicted octanol–water partition coefficient (Wildman–Crippen LogP) is 3.77. The zero-order valence-electron chi connectivity index (χ0n) is 15.7. The fourth-order valence-electron chi connectivity index (χ4n) is 3.19. The summed E-state index contributed by atoms with van der Waals surface area (Å²) in [6.07, 6.45) is 0.961. The summed E-state index contributed by atoms with van der Waals surface area (Å²) in [6.45, 7) is 0.271. The number of anilines is 1. The van der Waals surface area contributed by atoms with E-state index in [1.54, 1.807) is 0 Å². The van der Waals surface area contributed by atoms with E-state index in [4.69, 9.17) is 16.0 Å². The number of carbonyl (C=O) groups is 1. The number of nitrogens with one attached hydrogen (secondary N) is 1. The lowest BCUT2D eigenvalue weighted by Crippen LogP contribution is -2.43. The van der Waals surface area contributed by atoms with E-state index >= 15 is 0 Å². The van der Waals surface area contributed by atoms with Crippen molar-refractivity contribution in [2.45, 2.75) is 17.1 Å². The molecule has 1 atom stereocenters. The van der Waals surface area contributed by atoms with Crippen LogP contribution in [-0.4, -0.2) is 41.9 Å². The van der Waals surface area contributed by atoms with E-state index in [1.807, 2.05) is 0 Å². The standard InChI is InChI=1S/C18H15ClF2N4O4S2/c19-14-5-6-15(30-14)31(27,28)25-7-1-2-10(9-25)16(26)22-18-24-23-17(29-18)12-4-3-11(20)8-13(12)21/h3-6,8,10H,1-2,7,9H2,(H,22,24,26). The SMILES string of the molecule is O=C(Nc1nnc(-c2ccc(F)cc2F)o1)C1CCCN(S(=O)(=O)c2ccc(Cl)s2)C1. The van der Waals surface area contributed by atoms with Gasteiger partial charge in [0, 0.05) is 19.2 Å². The van der Waals surface area contributed by atoms with Crippen LogP contribution in [0.5, 0.6) is 0 Å². The Balaban J connectivity index is 1.45. The molecule has 1 aliphatic heterocycles. The van der Waals surface area contributed by atoms with Crippen molar-refractivity contribution in [2.24, 2.45) is 5.92 Å². The Morgan fingerprint density at radius 2 is 2.06 bits per heavy atom. The molecule has 0 radical (unpaired) electrons. The smallest absolute Gasteiger partial charge is 0.322 e. The monoisotopic (exact) mass is 488 g/mol. The van der Waals surface area contributed by atoms with Crippen LogP contribution in [0, 0.1) is 17.6 Å². The second-order valence-corrected chi connectivity index (χ2v) is 10.7. The molecule has 2 aromatic heterocycles. The lowest BCUT2D eigenvalue weighted by atomic mass is 9.99. The number of halogens is 3. The second kappa shape index (κ2) is 8.61. The van der Waals surface area contributed by atoms with Crippen molar-refractivity contribution in [3.05, 3.63) is 46.3 Å². The zero-order chi connectivity index (χ0) is 22.2. The van der Waals surface area contributed by atoms with Gasteiger partial charge in [0.1, 0.15) is 15.8 Å². The Bertz CT molecular complexity index is 1230. The summed E-state index contributed by atoms with van der Waals surface area (Å²) >= 11 is 6.80. The van der Waals surface area contributed by atoms with Crippen LogP contribution in [0.25, 0.3) is 11.5 Å². The number of benzene rings is 1. The van der Waals surface area contributed by atoms with E-state index in [-0.39, 0.29) is 34.8 Å². The maximum Gasteiger partial charge on any atom is 0.322 e. The van der Waals surface area contributed by atoms with Gasteiger partial charge in [-0.3, -0.25) is 10.1 Å². The highest BCUT2D eigenvalue weighted by Crippen LogP contribution is 2.31. The number of sulfonamides is 1. The summed E-state index contributed by atoms with van der Waals surface area (Å²) in [7, 11) is -3.76. The van der Waals surface area contributed by atoms with Gasteiger partial charge in [0.05, 0.1) is 15.8 Å². The number of hydrogen-bond acceptors (Lipinski definition) is 7. The molecule has 3 heterocycles. The molecule has 13 heteroatoms. The first-order chi connectivity index (χ1) is 14.7. The fraction of sp³-hybridized carbons (Fsp3) is 0.278. The number of aromatic nitrogens is 2. The quantitative estimate of drug-likeness (QED) is 0.586. The average Bonchev–Trinajstić information content (AvgIpc) is 3.37. The van der Waals surface area contributed by atoms with Gasteiger partial charge >= 0.3 is 6.01 Å². The maximum absolute atomic E-state index is 13.9. The number of amides is 1. The first-order valence-electron chi connectivity index (χ1n) is 9.09. The fourth-order valence-corrected chi connectivity index (χ4v) is 6.35. The molecule has 0 bridgehead atoms. The van der Waals surface area contributed by atoms with E-state index < -0.39 is 33.5 Å². The van der Waals surface area contributed by atoms with Gasteiger partial charge in [0.2, 0.25) is 5.91 Å². The molecule has 1 aliphatic rings. The molecule has 164 valence electrons. The molecule has 1 saturated heterocycles. The summed E-state index contributed by atoms with van der Waals surface area (Å²) < 4.78 is 59.5. The first-order valence-corrected chi connectivity index (χ1v) is 11.7. The summed E-state index contributed by atoms with van der Waals surface area (Å²) in [5, 5.41) is 9.75. The third-order valence-electron chi connectivity index (χ3n) is 4.71. The van der Waals surface area contributed by atoms with Crippen molar-refractivity contribution in [3.8, 4) is 11.5 Å². The van der Waals surface area contributed by atoms with Gasteiger partial charge in [0.25, 0.3) is 15.9 Å². The minimum atomic E-state index is -3.76. The Hall–Kier alpha value is -2.41. The van der Waals surface area contributed by atoms with Gasteiger partial charge in [-0.1, -0.05) is 16.7 Å². The highest BCUT2D eigenvalue weighted by Gasteiger charge is 2.34. The lowest BCUT2D eigenvalue weighted by Gasteiger charge is -2.30. The van der Waals surface area contributed by atoms with Crippen LogP contribution < -0.4 is 5.32 Å². The van der Waals surface area contributed by atoms with Gasteiger partial charge in [-0.05, 0) is 37.1 Å². The Morgan fingerprint density at radius 3 is 2.77 bits per heavy atom. The number of thiophene rings is 1. The largest absolute Gasteiger partial charge is 0.403 e. The van der Waals surface area contributed by atoms with Crippen molar-refractivity contribution >= 4 is 44.9 Å². The number of rotatable bonds is 5. The van der Waals surface area contributed by atoms with Gasteiger partial charge in [-0.25, -0.2) is 17.2 Å². The van der Waals surface area contributed by atoms with E-state index in [2.05, 4.69) is 15.5 Å². The summed E-state index contributed by atoms with van der Waals surface area (Å²) in [4.78, 5) is 12.6. The Morgan fingerprint density at radius 1 is 1.26 bits per heavy atom. The summed E-state index contributed by atoms with van der Waals surface area (Å²) in [6, 6.07) is 5.53. The number of piperidine rings is 1. The second-order valence-electron chi connectivity index (χ2n) is 6.79. The number of carbonyl (C=O) groups excluding carboxylic acids is 1. The molecule has 31 heavy (non-hydrogen) atoms. The van der Waals surface area contributed by atoms with Crippen molar-refractivity contribution in [2.75, 3.05) is 18.4 Å². The van der Waals surface area contributed by atoms with Crippen LogP contribution in [-0.2, 0) is 14.8 Å². The summed E-state index contributed by atoms with van der Waals surface area (Å²) in [5.74, 6) is -3.01. The van der Waals surface area contributed by atoms with Crippen LogP contribution in [0.2, 0.25) is 4.34 Å². The van der Waals surface area contributed by atoms with Crippen LogP contribution in [0.15, 0.2) is 39.0 Å². The number of hydrogen-bond donors (Lipinski definition) is 1. The molecule has 1 amide bonds. The topological polar surface area (TPSA) is 105 Å². The first kappa shape index (κ1) is 21.8. The lowest BCUT2D eigenvalue weighted by molar-refractivity contribution is -0.121. The van der Waals surface area contributed by atoms with E-state index in [1.165, 1.54) is 16.4 Å². The minimum absolute atomic E-state index is 0.0166. The van der Waals surface area contributed by atoms with E-state index in [0.717, 1.165) is 23.5 Å². The molecule has 0 spiro atoms. The van der Waals surface area contributed by atoms with Crippen LogP contribution in [0.1, 0.15) is 12.8 Å². The van der Waals surface area contributed by atoms with Crippen LogP contribution in [0.4, 0.5) is 14.8 Å². The van der Waals surface area contributed by atoms with Crippen molar-refractivity contribution in [1.29, 1.82) is 0 Å². The summed E-state index contributed by atoms with van der Waals surface area (Å²) in [5.41, 5.74) is -0.112. The zero-order valence-corrected chi connectivity index (χ0v) is 18.1. The third kappa shape index (κ3) is 4.61. The van der Waals surface area contributed by atoms with Crippen molar-refractivity contribution in [3.63, 3.8) is 0 Å². The van der Waals surface area contributed by atoms with Gasteiger partial charge in [-0.15, -0.1) is 16.4 Å². The minimum Gasteiger partial charge on any atom is -0.403 e. The Kier molecular flexibility index (Phi) is 6.06. The molecular formula is C18H15ClF2N4O4S2. The molecule has 0 aliphatic carbocycles. The molecule has 1 N–H and O–H groups in total. The van der Waals surface area contributed by atoms with E-state index in [0.29, 0.717) is 23.2 Å². The van der Waals surface area contributed by atoms with Gasteiger partial charge < -0.3 is 4.42 Å². The average molecular weight is 489 g/mol. The highest BCUT2D eigenvalue weighted by atomic mass is 35.5. The van der Waals surface area contributed by atoms with Crippen molar-refractivity contribution in [1.82, 2.24) is 14.5 Å². The number of nitrogens with zero attached hydrogens (tertiary/aromatic N) is 3. The highest BCUT2D eigenvalue weighted by molar-refractivity contribution is 7.91. The Labute approximate surface area is 184 Å². The van der Waals surface area contributed by atoms with Crippen LogP contribution >= 0.6 is 22.9 Å².